The highest BCUT2D eigenvalue weighted by Gasteiger charge is 2.17. The predicted molar refractivity (Wildman–Crippen MR) is 96.8 cm³/mol. The summed E-state index contributed by atoms with van der Waals surface area (Å²) in [6.07, 6.45) is 2.70. The second kappa shape index (κ2) is 6.76. The lowest BCUT2D eigenvalue weighted by Crippen LogP contribution is -2.11. The number of rotatable bonds is 4. The number of nitrogens with one attached hydrogen (secondary N) is 1. The van der Waals surface area contributed by atoms with Gasteiger partial charge in [-0.1, -0.05) is 18.2 Å². The monoisotopic (exact) mass is 337 g/mol. The highest BCUT2D eigenvalue weighted by atomic mass is 16.5. The molecule has 0 atom stereocenters. The number of fused-ring (bicyclic) bond motifs is 1. The van der Waals surface area contributed by atoms with Crippen LogP contribution in [0.5, 0.6) is 0 Å². The summed E-state index contributed by atoms with van der Waals surface area (Å²) < 4.78 is 6.79. The van der Waals surface area contributed by atoms with Crippen LogP contribution >= 0.6 is 0 Å². The van der Waals surface area contributed by atoms with Crippen LogP contribution in [-0.4, -0.2) is 27.1 Å². The average Bonchev–Trinajstić information content (AvgIpc) is 2.85. The van der Waals surface area contributed by atoms with Gasteiger partial charge >= 0.3 is 5.97 Å². The molecule has 0 unspecified atom stereocenters. The van der Waals surface area contributed by atoms with E-state index in [1.54, 1.807) is 6.92 Å². The van der Waals surface area contributed by atoms with E-state index in [9.17, 15) is 9.59 Å². The molecular weight excluding hydrogens is 318 g/mol. The molecule has 3 rings (SSSR count). The summed E-state index contributed by atoms with van der Waals surface area (Å²) in [6, 6.07) is 9.73. The number of nitrogens with zero attached hydrogens (tertiary/aromatic N) is 2. The lowest BCUT2D eigenvalue weighted by molar-refractivity contribution is -0.137. The van der Waals surface area contributed by atoms with Crippen molar-refractivity contribution in [1.29, 1.82) is 0 Å². The van der Waals surface area contributed by atoms with Crippen molar-refractivity contribution in [2.45, 2.75) is 20.8 Å². The molecule has 0 aliphatic rings. The minimum atomic E-state index is -0.476. The van der Waals surface area contributed by atoms with Crippen LogP contribution in [0.3, 0.4) is 0 Å². The summed E-state index contributed by atoms with van der Waals surface area (Å²) in [7, 11) is 0. The first-order valence-corrected chi connectivity index (χ1v) is 8.05. The van der Waals surface area contributed by atoms with Crippen molar-refractivity contribution in [1.82, 2.24) is 14.5 Å². The molecule has 1 N–H and O–H groups in total. The molecule has 3 aromatic rings. The minimum absolute atomic E-state index is 0.233. The Morgan fingerprint density at radius 3 is 2.68 bits per heavy atom. The third kappa shape index (κ3) is 3.10. The Bertz CT molecular complexity index is 1010. The van der Waals surface area contributed by atoms with Gasteiger partial charge in [-0.15, -0.1) is 0 Å². The summed E-state index contributed by atoms with van der Waals surface area (Å²) in [5.74, 6) is -0.170. The largest absolute Gasteiger partial charge is 0.463 e. The molecule has 0 bridgehead atoms. The second-order valence-electron chi connectivity index (χ2n) is 5.62. The molecule has 6 nitrogen and oxygen atoms in total. The molecule has 0 spiro atoms. The number of hydrogen-bond donors (Lipinski definition) is 1. The lowest BCUT2D eigenvalue weighted by Gasteiger charge is -2.07. The maximum absolute atomic E-state index is 12.5. The number of benzene rings is 1. The fourth-order valence-electron chi connectivity index (χ4n) is 2.79. The summed E-state index contributed by atoms with van der Waals surface area (Å²) in [4.78, 5) is 31.3. The van der Waals surface area contributed by atoms with Gasteiger partial charge in [-0.3, -0.25) is 9.36 Å². The van der Waals surface area contributed by atoms with Gasteiger partial charge in [0.05, 0.1) is 12.0 Å². The highest BCUT2D eigenvalue weighted by Crippen LogP contribution is 2.24. The van der Waals surface area contributed by atoms with Crippen LogP contribution in [0, 0.1) is 13.8 Å². The number of aryl methyl sites for hydroxylation is 1. The first kappa shape index (κ1) is 16.7. The van der Waals surface area contributed by atoms with Crippen molar-refractivity contribution in [3.8, 4) is 5.69 Å². The molecule has 0 aliphatic heterocycles. The topological polar surface area (TPSA) is 77.0 Å². The van der Waals surface area contributed by atoms with Gasteiger partial charge in [0.1, 0.15) is 5.82 Å². The standard InChI is InChI=1S/C19H19N3O3/c1-4-25-16(23)11-10-15-20-18-17(19(24)21-15)12(2)13(3)22(18)14-8-6-5-7-9-14/h5-11H,4H2,1-3H3,(H,20,21,24)/b11-10+. The zero-order valence-corrected chi connectivity index (χ0v) is 14.4. The minimum Gasteiger partial charge on any atom is -0.463 e. The van der Waals surface area contributed by atoms with Gasteiger partial charge in [-0.05, 0) is 44.5 Å². The van der Waals surface area contributed by atoms with Crippen LogP contribution in [-0.2, 0) is 9.53 Å². The van der Waals surface area contributed by atoms with Crippen molar-refractivity contribution < 1.29 is 9.53 Å². The fraction of sp³-hybridized carbons (Fsp3) is 0.211. The molecule has 0 fully saturated rings. The van der Waals surface area contributed by atoms with Crippen molar-refractivity contribution >= 4 is 23.1 Å². The Kier molecular flexibility index (Phi) is 4.52. The Hall–Kier alpha value is -3.15. The Morgan fingerprint density at radius 2 is 2.00 bits per heavy atom. The Labute approximate surface area is 144 Å². The van der Waals surface area contributed by atoms with Crippen molar-refractivity contribution in [3.63, 3.8) is 0 Å². The smallest absolute Gasteiger partial charge is 0.330 e. The molecule has 0 saturated heterocycles. The molecule has 0 amide bonds. The molecule has 6 heteroatoms. The van der Waals surface area contributed by atoms with Crippen molar-refractivity contribution in [2.24, 2.45) is 0 Å². The fourth-order valence-corrected chi connectivity index (χ4v) is 2.79. The van der Waals surface area contributed by atoms with E-state index in [1.165, 1.54) is 12.2 Å². The maximum atomic E-state index is 12.5. The van der Waals surface area contributed by atoms with E-state index in [0.29, 0.717) is 23.5 Å². The zero-order valence-electron chi connectivity index (χ0n) is 14.4. The number of para-hydroxylation sites is 1. The summed E-state index contributed by atoms with van der Waals surface area (Å²) in [5, 5.41) is 0.551. The quantitative estimate of drug-likeness (QED) is 0.586. The van der Waals surface area contributed by atoms with E-state index in [-0.39, 0.29) is 5.56 Å². The van der Waals surface area contributed by atoms with Crippen LogP contribution in [0.15, 0.2) is 41.2 Å². The predicted octanol–water partition coefficient (Wildman–Crippen LogP) is 2.91. The van der Waals surface area contributed by atoms with Gasteiger partial charge < -0.3 is 9.72 Å². The third-order valence-corrected chi connectivity index (χ3v) is 4.06. The van der Waals surface area contributed by atoms with Crippen LogP contribution in [0.1, 0.15) is 24.0 Å². The van der Waals surface area contributed by atoms with E-state index in [1.807, 2.05) is 48.7 Å². The van der Waals surface area contributed by atoms with Crippen LogP contribution in [0.25, 0.3) is 22.8 Å². The van der Waals surface area contributed by atoms with Gasteiger partial charge in [0, 0.05) is 17.5 Å². The van der Waals surface area contributed by atoms with E-state index in [2.05, 4.69) is 9.97 Å². The summed E-state index contributed by atoms with van der Waals surface area (Å²) in [5.41, 5.74) is 3.09. The average molecular weight is 337 g/mol. The molecule has 25 heavy (non-hydrogen) atoms. The molecule has 2 heterocycles. The molecule has 0 radical (unpaired) electrons. The Balaban J connectivity index is 2.20. The molecule has 2 aromatic heterocycles. The zero-order chi connectivity index (χ0) is 18.0. The number of esters is 1. The van der Waals surface area contributed by atoms with E-state index in [0.717, 1.165) is 16.9 Å². The van der Waals surface area contributed by atoms with E-state index in [4.69, 9.17) is 4.74 Å². The molecule has 0 aliphatic carbocycles. The van der Waals surface area contributed by atoms with Gasteiger partial charge in [-0.25, -0.2) is 9.78 Å². The molecule has 0 saturated carbocycles. The van der Waals surface area contributed by atoms with Crippen LogP contribution in [0.4, 0.5) is 0 Å². The normalized spacial score (nSPS) is 11.3. The number of aromatic nitrogens is 3. The van der Waals surface area contributed by atoms with Gasteiger partial charge in [0.2, 0.25) is 0 Å². The molecule has 1 aromatic carbocycles. The first-order chi connectivity index (χ1) is 12.0. The number of carbonyl (C=O) groups is 1. The SMILES string of the molecule is CCOC(=O)/C=C/c1nc2c(c(C)c(C)n2-c2ccccc2)c(=O)[nH]1. The molecular formula is C19H19N3O3. The van der Waals surface area contributed by atoms with Gasteiger partial charge in [-0.2, -0.15) is 0 Å². The Morgan fingerprint density at radius 1 is 1.28 bits per heavy atom. The number of H-pyrrole nitrogens is 1. The van der Waals surface area contributed by atoms with Crippen molar-refractivity contribution in [3.05, 3.63) is 63.8 Å². The summed E-state index contributed by atoms with van der Waals surface area (Å²) in [6.45, 7) is 5.89. The second-order valence-corrected chi connectivity index (χ2v) is 5.62. The van der Waals surface area contributed by atoms with E-state index >= 15 is 0 Å². The van der Waals surface area contributed by atoms with Gasteiger partial charge in [0.15, 0.2) is 5.65 Å². The van der Waals surface area contributed by atoms with Gasteiger partial charge in [0.25, 0.3) is 5.56 Å². The van der Waals surface area contributed by atoms with Crippen LogP contribution in [0.2, 0.25) is 0 Å². The highest BCUT2D eigenvalue weighted by molar-refractivity contribution is 5.87. The third-order valence-electron chi connectivity index (χ3n) is 4.06. The van der Waals surface area contributed by atoms with Crippen molar-refractivity contribution in [2.75, 3.05) is 6.61 Å². The number of aromatic amines is 1. The van der Waals surface area contributed by atoms with Crippen LogP contribution < -0.4 is 5.56 Å². The molecule has 128 valence electrons. The van der Waals surface area contributed by atoms with E-state index < -0.39 is 5.97 Å². The lowest BCUT2D eigenvalue weighted by atomic mass is 10.2. The maximum Gasteiger partial charge on any atom is 0.330 e. The number of carbonyl (C=O) groups excluding carboxylic acids is 1. The number of hydrogen-bond acceptors (Lipinski definition) is 4. The number of ether oxygens (including phenoxy) is 1. The summed E-state index contributed by atoms with van der Waals surface area (Å²) >= 11 is 0. The first-order valence-electron chi connectivity index (χ1n) is 8.05.